The summed E-state index contributed by atoms with van der Waals surface area (Å²) in [6.45, 7) is 20.5. The molecule has 65 heavy (non-hydrogen) atoms. The van der Waals surface area contributed by atoms with E-state index in [4.69, 9.17) is 13.3 Å². The second-order valence-corrected chi connectivity index (χ2v) is 22.3. The van der Waals surface area contributed by atoms with Crippen LogP contribution >= 0.6 is 23.5 Å². The first-order valence-corrected chi connectivity index (χ1v) is 31.1. The van der Waals surface area contributed by atoms with Gasteiger partial charge in [-0.25, -0.2) is 0 Å². The van der Waals surface area contributed by atoms with Crippen molar-refractivity contribution in [3.05, 3.63) is 0 Å². The summed E-state index contributed by atoms with van der Waals surface area (Å²) >= 11 is 2.76. The Morgan fingerprint density at radius 3 is 1.02 bits per heavy atom. The molecule has 0 saturated carbocycles. The van der Waals surface area contributed by atoms with Crippen molar-refractivity contribution < 1.29 is 32.5 Å². The smallest absolute Gasteiger partial charge is 0.374 e. The summed E-state index contributed by atoms with van der Waals surface area (Å²) in [5.74, 6) is 1.01. The Bertz CT molecular complexity index is 1100. The maximum absolute atomic E-state index is 13.8. The third kappa shape index (κ3) is 36.3. The van der Waals surface area contributed by atoms with Crippen molar-refractivity contribution in [2.75, 3.05) is 88.6 Å². The third-order valence-corrected chi connectivity index (χ3v) is 16.8. The van der Waals surface area contributed by atoms with Gasteiger partial charge in [0.15, 0.2) is 0 Å². The molecule has 14 heteroatoms. The highest BCUT2D eigenvalue weighted by Crippen LogP contribution is 2.20. The highest BCUT2D eigenvalue weighted by molar-refractivity contribution is 8.00. The van der Waals surface area contributed by atoms with E-state index in [0.29, 0.717) is 57.7 Å². The van der Waals surface area contributed by atoms with E-state index >= 15 is 0 Å². The molecule has 0 aliphatic heterocycles. The summed E-state index contributed by atoms with van der Waals surface area (Å²) in [4.78, 5) is 59.7. The van der Waals surface area contributed by atoms with Crippen molar-refractivity contribution in [3.63, 3.8) is 0 Å². The van der Waals surface area contributed by atoms with Gasteiger partial charge in [-0.2, -0.15) is 0 Å². The van der Waals surface area contributed by atoms with Gasteiger partial charge >= 0.3 is 8.80 Å². The monoisotopic (exact) mass is 975 g/mol. The number of amides is 4. The average Bonchev–Trinajstić information content (AvgIpc) is 3.29. The third-order valence-electron chi connectivity index (χ3n) is 11.8. The van der Waals surface area contributed by atoms with Gasteiger partial charge in [0, 0.05) is 71.7 Å². The second-order valence-electron chi connectivity index (χ2n) is 17.6. The number of carbonyl (C=O) groups is 4. The van der Waals surface area contributed by atoms with E-state index in [-0.39, 0.29) is 40.9 Å². The van der Waals surface area contributed by atoms with Crippen LogP contribution in [0.3, 0.4) is 0 Å². The number of rotatable bonds is 49. The lowest BCUT2D eigenvalue weighted by Gasteiger charge is -2.30. The minimum atomic E-state index is -2.90. The largest absolute Gasteiger partial charge is 0.500 e. The quantitative estimate of drug-likeness (QED) is 0.0470. The molecule has 384 valence electrons. The van der Waals surface area contributed by atoms with E-state index in [1.807, 2.05) is 30.6 Å². The van der Waals surface area contributed by atoms with Crippen LogP contribution < -0.4 is 5.32 Å². The summed E-state index contributed by atoms with van der Waals surface area (Å²) in [6, 6.07) is 0.579. The molecule has 0 aromatic rings. The molecule has 4 amide bonds. The molecule has 0 atom stereocenters. The molecule has 0 aliphatic rings. The molecular formula is C51H102N4O7S2Si. The van der Waals surface area contributed by atoms with E-state index in [9.17, 15) is 19.2 Å². The highest BCUT2D eigenvalue weighted by Gasteiger charge is 2.40. The van der Waals surface area contributed by atoms with Crippen LogP contribution in [0.25, 0.3) is 0 Å². The number of hydrogen-bond donors (Lipinski definition) is 1. The lowest BCUT2D eigenvalue weighted by Crippen LogP contribution is -2.47. The molecule has 0 spiro atoms. The van der Waals surface area contributed by atoms with E-state index < -0.39 is 8.80 Å². The number of nitrogens with zero attached hydrogens (tertiary/aromatic N) is 3. The second kappa shape index (κ2) is 46.4. The first-order chi connectivity index (χ1) is 31.7. The number of thioether (sulfide) groups is 2. The zero-order valence-corrected chi connectivity index (χ0v) is 45.9. The van der Waals surface area contributed by atoms with Crippen LogP contribution in [0.1, 0.15) is 209 Å². The lowest BCUT2D eigenvalue weighted by molar-refractivity contribution is -0.129. The molecule has 0 fully saturated rings. The van der Waals surface area contributed by atoms with E-state index in [1.165, 1.54) is 126 Å². The van der Waals surface area contributed by atoms with Crippen LogP contribution in [0.5, 0.6) is 0 Å². The SMILES string of the molecule is CCCCCCCCN(CCCCCCCC)C(=O)CSCC(=O)NCCN(CCC[Si](OCC)(OCC)OCC)C(=O)CSCC(=O)N(CCCCCCCC)CCCCCCCC. The Morgan fingerprint density at radius 2 is 0.677 bits per heavy atom. The summed E-state index contributed by atoms with van der Waals surface area (Å²) in [5.41, 5.74) is 0. The van der Waals surface area contributed by atoms with E-state index in [0.717, 1.165) is 77.5 Å². The number of unbranched alkanes of at least 4 members (excludes halogenated alkanes) is 20. The van der Waals surface area contributed by atoms with Gasteiger partial charge in [0.1, 0.15) is 0 Å². The van der Waals surface area contributed by atoms with Crippen molar-refractivity contribution in [2.45, 2.75) is 215 Å². The summed E-state index contributed by atoms with van der Waals surface area (Å²) in [6.07, 6.45) is 29.2. The summed E-state index contributed by atoms with van der Waals surface area (Å²) in [7, 11) is -2.90. The summed E-state index contributed by atoms with van der Waals surface area (Å²) in [5, 5.41) is 3.00. The predicted molar refractivity (Wildman–Crippen MR) is 281 cm³/mol. The molecule has 0 rings (SSSR count). The summed E-state index contributed by atoms with van der Waals surface area (Å²) < 4.78 is 18.3. The Kier molecular flexibility index (Phi) is 45.5. The number of nitrogens with one attached hydrogen (secondary N) is 1. The van der Waals surface area contributed by atoms with Crippen LogP contribution in [0, 0.1) is 0 Å². The van der Waals surface area contributed by atoms with Gasteiger partial charge in [-0.1, -0.05) is 156 Å². The minimum Gasteiger partial charge on any atom is -0.374 e. The fourth-order valence-corrected chi connectivity index (χ4v) is 12.2. The van der Waals surface area contributed by atoms with Crippen molar-refractivity contribution in [1.82, 2.24) is 20.0 Å². The minimum absolute atomic E-state index is 0.0530. The van der Waals surface area contributed by atoms with Gasteiger partial charge in [0.05, 0.1) is 23.0 Å². The van der Waals surface area contributed by atoms with Crippen LogP contribution in [-0.4, -0.2) is 136 Å². The zero-order chi connectivity index (χ0) is 48.1. The van der Waals surface area contributed by atoms with E-state index in [1.54, 1.807) is 4.90 Å². The molecule has 0 saturated heterocycles. The Hall–Kier alpha value is -1.32. The first kappa shape index (κ1) is 63.7. The molecule has 1 N–H and O–H groups in total. The van der Waals surface area contributed by atoms with Gasteiger partial charge < -0.3 is 33.3 Å². The van der Waals surface area contributed by atoms with Crippen molar-refractivity contribution in [3.8, 4) is 0 Å². The molecule has 0 bridgehead atoms. The van der Waals surface area contributed by atoms with Gasteiger partial charge in [-0.05, 0) is 52.9 Å². The van der Waals surface area contributed by atoms with Crippen LogP contribution in [0.2, 0.25) is 6.04 Å². The molecule has 0 heterocycles. The fourth-order valence-electron chi connectivity index (χ4n) is 8.02. The maximum atomic E-state index is 13.8. The lowest BCUT2D eigenvalue weighted by atomic mass is 10.1. The van der Waals surface area contributed by atoms with Gasteiger partial charge in [0.25, 0.3) is 0 Å². The van der Waals surface area contributed by atoms with E-state index in [2.05, 4.69) is 33.0 Å². The van der Waals surface area contributed by atoms with Gasteiger partial charge in [-0.3, -0.25) is 19.2 Å². The topological polar surface area (TPSA) is 118 Å². The molecule has 0 aromatic carbocycles. The molecular weight excluding hydrogens is 873 g/mol. The van der Waals surface area contributed by atoms with Crippen LogP contribution in [-0.2, 0) is 32.5 Å². The maximum Gasteiger partial charge on any atom is 0.500 e. The highest BCUT2D eigenvalue weighted by atomic mass is 32.2. The molecule has 0 unspecified atom stereocenters. The fraction of sp³-hybridized carbons (Fsp3) is 0.922. The Morgan fingerprint density at radius 1 is 0.385 bits per heavy atom. The van der Waals surface area contributed by atoms with Crippen LogP contribution in [0.4, 0.5) is 0 Å². The van der Waals surface area contributed by atoms with Crippen molar-refractivity contribution in [1.29, 1.82) is 0 Å². The van der Waals surface area contributed by atoms with Gasteiger partial charge in [-0.15, -0.1) is 23.5 Å². The zero-order valence-electron chi connectivity index (χ0n) is 43.3. The first-order valence-electron chi connectivity index (χ1n) is 26.8. The molecule has 11 nitrogen and oxygen atoms in total. The predicted octanol–water partition coefficient (Wildman–Crippen LogP) is 11.9. The van der Waals surface area contributed by atoms with Crippen molar-refractivity contribution in [2.24, 2.45) is 0 Å². The Balaban J connectivity index is 5.45. The Labute approximate surface area is 410 Å². The molecule has 0 radical (unpaired) electrons. The standard InChI is InChI=1S/C51H102N4O7S2Si/c1-8-15-19-23-27-31-37-53(38-32-28-24-20-16-9-2)49(57)45-63-44-48(56)52-36-42-55(41-35-43-65(60-12-5,61-13-6)62-14-7)51(59)47-64-46-50(58)54(39-33-29-25-21-17-10-3)40-34-30-26-22-18-11-4/h8-47H2,1-7H3,(H,52,56). The van der Waals surface area contributed by atoms with Gasteiger partial charge in [0.2, 0.25) is 23.6 Å². The normalized spacial score (nSPS) is 11.6. The average molecular weight is 976 g/mol. The van der Waals surface area contributed by atoms with Crippen LogP contribution in [0.15, 0.2) is 0 Å². The number of hydrogen-bond acceptors (Lipinski definition) is 9. The number of carbonyl (C=O) groups excluding carboxylic acids is 4. The van der Waals surface area contributed by atoms with Crippen molar-refractivity contribution >= 4 is 56.0 Å². The molecule has 0 aliphatic carbocycles. The molecule has 0 aromatic heterocycles.